The summed E-state index contributed by atoms with van der Waals surface area (Å²) < 4.78 is 0. The van der Waals surface area contributed by atoms with E-state index in [1.807, 2.05) is 13.0 Å². The minimum absolute atomic E-state index is 0.0251. The summed E-state index contributed by atoms with van der Waals surface area (Å²) >= 11 is 0. The van der Waals surface area contributed by atoms with Crippen molar-refractivity contribution in [1.29, 1.82) is 0 Å². The zero-order valence-electron chi connectivity index (χ0n) is 12.4. The molecule has 0 spiro atoms. The molecule has 0 radical (unpaired) electrons. The Morgan fingerprint density at radius 1 is 1.52 bits per heavy atom. The molecule has 1 aromatic heterocycles. The number of carbonyl (C=O) groups excluding carboxylic acids is 2. The number of nitrogens with zero attached hydrogens (tertiary/aromatic N) is 3. The van der Waals surface area contributed by atoms with Crippen molar-refractivity contribution in [2.24, 2.45) is 5.92 Å². The highest BCUT2D eigenvalue weighted by molar-refractivity contribution is 6.09. The number of hydrogen-bond donors (Lipinski definition) is 1. The fraction of sp³-hybridized carbons (Fsp3) is 0.533. The SMILES string of the molecule is Cc1ccnc2c1NC(=O)CN2C(=O)N(C)CC1CCC1. The predicted octanol–water partition coefficient (Wildman–Crippen LogP) is 2.00. The average molecular weight is 288 g/mol. The van der Waals surface area contributed by atoms with Gasteiger partial charge in [0.2, 0.25) is 5.91 Å². The molecule has 6 nitrogen and oxygen atoms in total. The van der Waals surface area contributed by atoms with Gasteiger partial charge in [0.25, 0.3) is 0 Å². The Morgan fingerprint density at radius 3 is 2.95 bits per heavy atom. The summed E-state index contributed by atoms with van der Waals surface area (Å²) in [5.74, 6) is 0.964. The molecule has 1 aliphatic heterocycles. The Labute approximate surface area is 124 Å². The van der Waals surface area contributed by atoms with E-state index in [9.17, 15) is 9.59 Å². The maximum atomic E-state index is 12.6. The first kappa shape index (κ1) is 13.9. The van der Waals surface area contributed by atoms with Gasteiger partial charge in [0.1, 0.15) is 6.54 Å². The highest BCUT2D eigenvalue weighted by atomic mass is 16.2. The van der Waals surface area contributed by atoms with Crippen LogP contribution in [0, 0.1) is 12.8 Å². The van der Waals surface area contributed by atoms with E-state index in [4.69, 9.17) is 0 Å². The van der Waals surface area contributed by atoms with Crippen LogP contribution in [0.15, 0.2) is 12.3 Å². The lowest BCUT2D eigenvalue weighted by molar-refractivity contribution is -0.115. The van der Waals surface area contributed by atoms with Gasteiger partial charge in [-0.25, -0.2) is 9.78 Å². The van der Waals surface area contributed by atoms with Crippen molar-refractivity contribution in [3.05, 3.63) is 17.8 Å². The molecule has 1 fully saturated rings. The third-order valence-corrected chi connectivity index (χ3v) is 4.28. The molecule has 1 aromatic rings. The predicted molar refractivity (Wildman–Crippen MR) is 80.3 cm³/mol. The van der Waals surface area contributed by atoms with Crippen LogP contribution in [-0.4, -0.2) is 42.0 Å². The second kappa shape index (κ2) is 5.35. The molecule has 1 aliphatic carbocycles. The van der Waals surface area contributed by atoms with E-state index in [2.05, 4.69) is 10.3 Å². The Balaban J connectivity index is 1.83. The van der Waals surface area contributed by atoms with E-state index in [-0.39, 0.29) is 18.5 Å². The van der Waals surface area contributed by atoms with Gasteiger partial charge in [-0.3, -0.25) is 9.69 Å². The van der Waals surface area contributed by atoms with Gasteiger partial charge in [-0.2, -0.15) is 0 Å². The zero-order valence-corrected chi connectivity index (χ0v) is 12.4. The van der Waals surface area contributed by atoms with Crippen molar-refractivity contribution in [2.45, 2.75) is 26.2 Å². The monoisotopic (exact) mass is 288 g/mol. The molecule has 112 valence electrons. The van der Waals surface area contributed by atoms with Gasteiger partial charge >= 0.3 is 6.03 Å². The Morgan fingerprint density at radius 2 is 2.29 bits per heavy atom. The quantitative estimate of drug-likeness (QED) is 0.905. The lowest BCUT2D eigenvalue weighted by Crippen LogP contribution is -2.49. The van der Waals surface area contributed by atoms with Gasteiger partial charge in [0, 0.05) is 19.8 Å². The summed E-state index contributed by atoms with van der Waals surface area (Å²) in [6.07, 6.45) is 5.29. The van der Waals surface area contributed by atoms with Crippen LogP contribution in [0.5, 0.6) is 0 Å². The smallest absolute Gasteiger partial charge is 0.325 e. The second-order valence-corrected chi connectivity index (χ2v) is 5.92. The van der Waals surface area contributed by atoms with Crippen molar-refractivity contribution < 1.29 is 9.59 Å². The van der Waals surface area contributed by atoms with E-state index in [1.54, 1.807) is 18.1 Å². The van der Waals surface area contributed by atoms with Crippen molar-refractivity contribution in [2.75, 3.05) is 30.4 Å². The topological polar surface area (TPSA) is 65.5 Å². The first-order valence-electron chi connectivity index (χ1n) is 7.34. The Kier molecular flexibility index (Phi) is 3.53. The number of amides is 3. The fourth-order valence-corrected chi connectivity index (χ4v) is 2.81. The van der Waals surface area contributed by atoms with Crippen LogP contribution in [0.2, 0.25) is 0 Å². The molecule has 6 heteroatoms. The number of aryl methyl sites for hydroxylation is 1. The number of urea groups is 1. The van der Waals surface area contributed by atoms with Gasteiger partial charge in [-0.15, -0.1) is 0 Å². The van der Waals surface area contributed by atoms with Crippen molar-refractivity contribution >= 4 is 23.4 Å². The Hall–Kier alpha value is -2.11. The first-order chi connectivity index (χ1) is 10.1. The maximum absolute atomic E-state index is 12.6. The van der Waals surface area contributed by atoms with Crippen molar-refractivity contribution in [3.63, 3.8) is 0 Å². The summed E-state index contributed by atoms with van der Waals surface area (Å²) in [6.45, 7) is 2.67. The molecule has 1 N–H and O–H groups in total. The lowest BCUT2D eigenvalue weighted by Gasteiger charge is -2.35. The van der Waals surface area contributed by atoms with Crippen LogP contribution >= 0.6 is 0 Å². The third-order valence-electron chi connectivity index (χ3n) is 4.28. The number of rotatable bonds is 2. The molecule has 0 aromatic carbocycles. The van der Waals surface area contributed by atoms with Crippen LogP contribution in [-0.2, 0) is 4.79 Å². The molecular formula is C15H20N4O2. The van der Waals surface area contributed by atoms with Crippen LogP contribution < -0.4 is 10.2 Å². The summed E-state index contributed by atoms with van der Waals surface area (Å²) in [5.41, 5.74) is 1.55. The number of nitrogens with one attached hydrogen (secondary N) is 1. The van der Waals surface area contributed by atoms with Crippen LogP contribution in [0.4, 0.5) is 16.3 Å². The second-order valence-electron chi connectivity index (χ2n) is 5.92. The van der Waals surface area contributed by atoms with Gasteiger partial charge in [0.05, 0.1) is 5.69 Å². The molecule has 3 rings (SSSR count). The molecule has 1 saturated carbocycles. The zero-order chi connectivity index (χ0) is 15.0. The van der Waals surface area contributed by atoms with E-state index in [1.165, 1.54) is 24.2 Å². The van der Waals surface area contributed by atoms with E-state index < -0.39 is 0 Å². The van der Waals surface area contributed by atoms with Gasteiger partial charge < -0.3 is 10.2 Å². The number of pyridine rings is 1. The van der Waals surface area contributed by atoms with Crippen LogP contribution in [0.3, 0.4) is 0 Å². The van der Waals surface area contributed by atoms with Gasteiger partial charge in [0.15, 0.2) is 5.82 Å². The van der Waals surface area contributed by atoms with Crippen LogP contribution in [0.1, 0.15) is 24.8 Å². The largest absolute Gasteiger partial charge is 0.327 e. The van der Waals surface area contributed by atoms with Crippen molar-refractivity contribution in [3.8, 4) is 0 Å². The van der Waals surface area contributed by atoms with E-state index in [0.29, 0.717) is 17.4 Å². The minimum atomic E-state index is -0.177. The minimum Gasteiger partial charge on any atom is -0.327 e. The third kappa shape index (κ3) is 2.57. The van der Waals surface area contributed by atoms with Crippen molar-refractivity contribution in [1.82, 2.24) is 9.88 Å². The summed E-state index contributed by atoms with van der Waals surface area (Å²) in [4.78, 5) is 31.9. The molecule has 3 amide bonds. The molecule has 2 heterocycles. The average Bonchev–Trinajstić information content (AvgIpc) is 2.42. The molecule has 0 unspecified atom stereocenters. The molecule has 0 atom stereocenters. The summed E-state index contributed by atoms with van der Waals surface area (Å²) in [7, 11) is 1.79. The highest BCUT2D eigenvalue weighted by Gasteiger charge is 2.32. The van der Waals surface area contributed by atoms with Gasteiger partial charge in [-0.05, 0) is 37.3 Å². The number of fused-ring (bicyclic) bond motifs is 1. The standard InChI is InChI=1S/C15H20N4O2/c1-10-6-7-16-14-13(10)17-12(20)9-19(14)15(21)18(2)8-11-4-3-5-11/h6-7,11H,3-5,8-9H2,1-2H3,(H,17,20). The number of aromatic nitrogens is 1. The number of anilines is 2. The first-order valence-corrected chi connectivity index (χ1v) is 7.34. The lowest BCUT2D eigenvalue weighted by atomic mass is 9.85. The fourth-order valence-electron chi connectivity index (χ4n) is 2.81. The summed E-state index contributed by atoms with van der Waals surface area (Å²) in [6, 6.07) is 1.67. The molecule has 2 aliphatic rings. The number of carbonyl (C=O) groups is 2. The molecule has 21 heavy (non-hydrogen) atoms. The summed E-state index contributed by atoms with van der Waals surface area (Å²) in [5, 5.41) is 2.80. The molecular weight excluding hydrogens is 268 g/mol. The Bertz CT molecular complexity index is 583. The van der Waals surface area contributed by atoms with Crippen LogP contribution in [0.25, 0.3) is 0 Å². The van der Waals surface area contributed by atoms with E-state index >= 15 is 0 Å². The normalized spacial score (nSPS) is 17.8. The highest BCUT2D eigenvalue weighted by Crippen LogP contribution is 2.31. The molecule has 0 bridgehead atoms. The maximum Gasteiger partial charge on any atom is 0.325 e. The van der Waals surface area contributed by atoms with Gasteiger partial charge in [-0.1, -0.05) is 6.42 Å². The molecule has 0 saturated heterocycles. The number of hydrogen-bond acceptors (Lipinski definition) is 3. The van der Waals surface area contributed by atoms with E-state index in [0.717, 1.165) is 12.1 Å².